The molecule has 1 fully saturated rings. The van der Waals surface area contributed by atoms with Crippen molar-refractivity contribution in [2.45, 2.75) is 30.4 Å². The van der Waals surface area contributed by atoms with Crippen LogP contribution in [0.4, 0.5) is 8.78 Å². The van der Waals surface area contributed by atoms with Crippen molar-refractivity contribution in [2.24, 2.45) is 0 Å². The van der Waals surface area contributed by atoms with E-state index in [0.717, 1.165) is 31.5 Å². The molecule has 2 rings (SSSR count). The summed E-state index contributed by atoms with van der Waals surface area (Å²) in [6.07, 6.45) is 1.63. The highest BCUT2D eigenvalue weighted by atomic mass is 35.5. The summed E-state index contributed by atoms with van der Waals surface area (Å²) in [6.45, 7) is -1.60. The van der Waals surface area contributed by atoms with Crippen molar-refractivity contribution >= 4 is 34.0 Å². The van der Waals surface area contributed by atoms with Gasteiger partial charge in [-0.25, -0.2) is 13.1 Å². The number of hydrogen-bond acceptors (Lipinski definition) is 4. The van der Waals surface area contributed by atoms with Crippen LogP contribution in [-0.4, -0.2) is 34.2 Å². The molecule has 0 unspecified atom stereocenters. The molecule has 22 heavy (non-hydrogen) atoms. The Hall–Kier alpha value is -0.670. The molecule has 1 saturated heterocycles. The number of hydrogen-bond donors (Lipinski definition) is 2. The molecule has 2 N–H and O–H groups in total. The van der Waals surface area contributed by atoms with Crippen molar-refractivity contribution < 1.29 is 21.9 Å². The van der Waals surface area contributed by atoms with Gasteiger partial charge in [-0.3, -0.25) is 0 Å². The van der Waals surface area contributed by atoms with Gasteiger partial charge >= 0.3 is 6.61 Å². The topological polar surface area (TPSA) is 67.4 Å². The van der Waals surface area contributed by atoms with Gasteiger partial charge in [-0.05, 0) is 37.6 Å². The number of halogens is 4. The highest BCUT2D eigenvalue weighted by Gasteiger charge is 2.22. The van der Waals surface area contributed by atoms with E-state index >= 15 is 0 Å². The molecule has 0 spiro atoms. The molecule has 1 aromatic carbocycles. The van der Waals surface area contributed by atoms with Crippen LogP contribution in [0.2, 0.25) is 5.02 Å². The molecule has 0 radical (unpaired) electrons. The molecule has 1 aliphatic heterocycles. The minimum Gasteiger partial charge on any atom is -0.433 e. The monoisotopic (exact) mass is 376 g/mol. The van der Waals surface area contributed by atoms with E-state index in [1.165, 1.54) is 6.07 Å². The Labute approximate surface area is 138 Å². The summed E-state index contributed by atoms with van der Waals surface area (Å²) in [4.78, 5) is -0.0836. The van der Waals surface area contributed by atoms with Gasteiger partial charge in [-0.1, -0.05) is 11.6 Å². The fraction of sp³-hybridized carbons (Fsp3) is 0.500. The summed E-state index contributed by atoms with van der Waals surface area (Å²) in [5.41, 5.74) is 0. The Morgan fingerprint density at radius 3 is 2.68 bits per heavy atom. The lowest BCUT2D eigenvalue weighted by atomic mass is 10.1. The summed E-state index contributed by atoms with van der Waals surface area (Å²) in [7, 11) is -3.75. The zero-order chi connectivity index (χ0) is 15.5. The summed E-state index contributed by atoms with van der Waals surface area (Å²) in [6, 6.07) is 3.20. The third kappa shape index (κ3) is 5.20. The fourth-order valence-electron chi connectivity index (χ4n) is 2.08. The zero-order valence-corrected chi connectivity index (χ0v) is 13.8. The SMILES string of the molecule is Cl.O=S(=O)(N[C@H]1CCCNC1)c1ccc(OC(F)F)c(Cl)c1. The Bertz CT molecular complexity index is 596. The van der Waals surface area contributed by atoms with Crippen molar-refractivity contribution in [1.82, 2.24) is 10.0 Å². The second-order valence-electron chi connectivity index (χ2n) is 4.64. The number of alkyl halides is 2. The van der Waals surface area contributed by atoms with Gasteiger partial charge in [0.15, 0.2) is 0 Å². The molecule has 0 aromatic heterocycles. The Balaban J connectivity index is 0.00000242. The van der Waals surface area contributed by atoms with E-state index in [-0.39, 0.29) is 34.1 Å². The first-order chi connectivity index (χ1) is 9.88. The largest absolute Gasteiger partial charge is 0.433 e. The average molecular weight is 377 g/mol. The molecule has 5 nitrogen and oxygen atoms in total. The van der Waals surface area contributed by atoms with E-state index in [0.29, 0.717) is 6.54 Å². The van der Waals surface area contributed by atoms with E-state index in [4.69, 9.17) is 11.6 Å². The van der Waals surface area contributed by atoms with Crippen molar-refractivity contribution in [1.29, 1.82) is 0 Å². The molecule has 10 heteroatoms. The van der Waals surface area contributed by atoms with Crippen LogP contribution >= 0.6 is 24.0 Å². The molecular weight excluding hydrogens is 361 g/mol. The van der Waals surface area contributed by atoms with Gasteiger partial charge in [0.2, 0.25) is 10.0 Å². The van der Waals surface area contributed by atoms with Gasteiger partial charge in [0.25, 0.3) is 0 Å². The molecule has 1 aliphatic rings. The van der Waals surface area contributed by atoms with Gasteiger partial charge < -0.3 is 10.1 Å². The molecule has 1 heterocycles. The van der Waals surface area contributed by atoms with Crippen LogP contribution in [0, 0.1) is 0 Å². The van der Waals surface area contributed by atoms with E-state index in [1.54, 1.807) is 0 Å². The number of benzene rings is 1. The van der Waals surface area contributed by atoms with Crippen LogP contribution in [0.5, 0.6) is 5.75 Å². The molecule has 0 bridgehead atoms. The van der Waals surface area contributed by atoms with E-state index < -0.39 is 16.6 Å². The zero-order valence-electron chi connectivity index (χ0n) is 11.4. The molecule has 126 valence electrons. The minimum atomic E-state index is -3.75. The third-order valence-electron chi connectivity index (χ3n) is 3.05. The molecule has 0 amide bonds. The summed E-state index contributed by atoms with van der Waals surface area (Å²) >= 11 is 5.76. The smallest absolute Gasteiger partial charge is 0.387 e. The number of ether oxygens (including phenoxy) is 1. The quantitative estimate of drug-likeness (QED) is 0.827. The summed E-state index contributed by atoms with van der Waals surface area (Å²) in [5, 5.41) is 2.91. The first-order valence-electron chi connectivity index (χ1n) is 6.36. The Kier molecular flexibility index (Phi) is 7.27. The van der Waals surface area contributed by atoms with Crippen molar-refractivity contribution in [3.63, 3.8) is 0 Å². The van der Waals surface area contributed by atoms with Crippen LogP contribution in [0.1, 0.15) is 12.8 Å². The number of piperidine rings is 1. The van der Waals surface area contributed by atoms with Crippen molar-refractivity contribution in [2.75, 3.05) is 13.1 Å². The van der Waals surface area contributed by atoms with E-state index in [9.17, 15) is 17.2 Å². The van der Waals surface area contributed by atoms with Gasteiger partial charge in [0, 0.05) is 12.6 Å². The van der Waals surface area contributed by atoms with Crippen LogP contribution in [0.25, 0.3) is 0 Å². The van der Waals surface area contributed by atoms with E-state index in [2.05, 4.69) is 14.8 Å². The lowest BCUT2D eigenvalue weighted by Crippen LogP contribution is -2.45. The maximum absolute atomic E-state index is 12.2. The molecule has 0 aliphatic carbocycles. The molecular formula is C12H16Cl2F2N2O3S. The third-order valence-corrected chi connectivity index (χ3v) is 4.86. The van der Waals surface area contributed by atoms with Crippen molar-refractivity contribution in [3.8, 4) is 5.75 Å². The van der Waals surface area contributed by atoms with Gasteiger partial charge in [0.1, 0.15) is 5.75 Å². The van der Waals surface area contributed by atoms with Crippen LogP contribution in [0.3, 0.4) is 0 Å². The number of rotatable bonds is 5. The van der Waals surface area contributed by atoms with Gasteiger partial charge in [0.05, 0.1) is 9.92 Å². The van der Waals surface area contributed by atoms with Crippen LogP contribution in [0.15, 0.2) is 23.1 Å². The van der Waals surface area contributed by atoms with Gasteiger partial charge in [-0.2, -0.15) is 8.78 Å². The lowest BCUT2D eigenvalue weighted by Gasteiger charge is -2.23. The standard InChI is InChI=1S/C12H15ClF2N2O3S.ClH/c13-10-6-9(3-4-11(10)20-12(14)15)21(18,19)17-8-2-1-5-16-7-8;/h3-4,6,8,12,16-17H,1-2,5,7H2;1H/t8-;/m0./s1. The fourth-order valence-corrected chi connectivity index (χ4v) is 3.67. The van der Waals surface area contributed by atoms with Crippen molar-refractivity contribution in [3.05, 3.63) is 23.2 Å². The number of nitrogens with one attached hydrogen (secondary N) is 2. The predicted octanol–water partition coefficient (Wildman–Crippen LogP) is 2.39. The number of sulfonamides is 1. The second kappa shape index (κ2) is 8.26. The second-order valence-corrected chi connectivity index (χ2v) is 6.76. The van der Waals surface area contributed by atoms with E-state index in [1.807, 2.05) is 0 Å². The maximum Gasteiger partial charge on any atom is 0.387 e. The van der Waals surface area contributed by atoms with Crippen LogP contribution in [-0.2, 0) is 10.0 Å². The lowest BCUT2D eigenvalue weighted by molar-refractivity contribution is -0.0498. The minimum absolute atomic E-state index is 0. The van der Waals surface area contributed by atoms with Crippen LogP contribution < -0.4 is 14.8 Å². The summed E-state index contributed by atoms with van der Waals surface area (Å²) in [5.74, 6) is -0.259. The molecule has 1 aromatic rings. The first kappa shape index (κ1) is 19.4. The average Bonchev–Trinajstić information content (AvgIpc) is 2.41. The normalized spacial score (nSPS) is 18.8. The highest BCUT2D eigenvalue weighted by Crippen LogP contribution is 2.28. The highest BCUT2D eigenvalue weighted by molar-refractivity contribution is 7.89. The predicted molar refractivity (Wildman–Crippen MR) is 81.5 cm³/mol. The summed E-state index contributed by atoms with van der Waals surface area (Å²) < 4.78 is 55.4. The molecule has 1 atom stereocenters. The first-order valence-corrected chi connectivity index (χ1v) is 8.22. The molecule has 0 saturated carbocycles. The van der Waals surface area contributed by atoms with Gasteiger partial charge in [-0.15, -0.1) is 12.4 Å². The Morgan fingerprint density at radius 1 is 1.41 bits per heavy atom. The maximum atomic E-state index is 12.2. The Morgan fingerprint density at radius 2 is 2.14 bits per heavy atom.